The van der Waals surface area contributed by atoms with Crippen LogP contribution in [0, 0.1) is 23.7 Å². The van der Waals surface area contributed by atoms with Crippen molar-refractivity contribution in [2.75, 3.05) is 39.6 Å². The Kier molecular flexibility index (Phi) is 41.5. The molecule has 6 aromatic rings. The van der Waals surface area contributed by atoms with E-state index in [2.05, 4.69) is 0 Å². The predicted octanol–water partition coefficient (Wildman–Crippen LogP) is 8.09. The molecular formula is C84H98O30Si6. The van der Waals surface area contributed by atoms with Gasteiger partial charge in [-0.05, 0) is 169 Å². The van der Waals surface area contributed by atoms with Gasteiger partial charge >= 0.3 is 72.7 Å². The average molecular weight is 1760 g/mol. The van der Waals surface area contributed by atoms with E-state index in [1.165, 1.54) is 104 Å². The molecule has 0 saturated heterocycles. The minimum Gasteiger partial charge on any atom is -0.432 e. The zero-order chi connectivity index (χ0) is 87.5. The smallest absolute Gasteiger partial charge is 0.432 e. The molecule has 0 aliphatic heterocycles. The van der Waals surface area contributed by atoms with E-state index in [-0.39, 0.29) is 33.4 Å². The molecule has 0 radical (unpaired) electrons. The van der Waals surface area contributed by atoms with Crippen molar-refractivity contribution in [2.45, 2.75) is 95.9 Å². The quantitative estimate of drug-likeness (QED) is 0.0119. The Bertz CT molecular complexity index is 4380. The van der Waals surface area contributed by atoms with Crippen LogP contribution in [-0.4, -0.2) is 170 Å². The van der Waals surface area contributed by atoms with Gasteiger partial charge in [0.2, 0.25) is 0 Å². The van der Waals surface area contributed by atoms with Crippen molar-refractivity contribution in [1.29, 1.82) is 0 Å². The first kappa shape index (κ1) is 96.3. The molecule has 0 N–H and O–H groups in total. The number of hydrogen-bond acceptors (Lipinski definition) is 30. The number of hydrogen-bond donors (Lipinski definition) is 0. The maximum absolute atomic E-state index is 14.0. The number of carbonyl (C=O) groups excluding carboxylic acids is 12. The summed E-state index contributed by atoms with van der Waals surface area (Å²) < 4.78 is 33.2. The second-order valence-corrected chi connectivity index (χ2v) is 41.4. The van der Waals surface area contributed by atoms with Crippen LogP contribution in [0.3, 0.4) is 0 Å². The predicted molar refractivity (Wildman–Crippen MR) is 455 cm³/mol. The van der Waals surface area contributed by atoms with E-state index in [4.69, 9.17) is 87.1 Å². The fourth-order valence-electron chi connectivity index (χ4n) is 11.3. The van der Waals surface area contributed by atoms with Crippen LogP contribution in [0.5, 0.6) is 0 Å². The van der Waals surface area contributed by atoms with Gasteiger partial charge in [-0.1, -0.05) is 172 Å². The fourth-order valence-corrected chi connectivity index (χ4v) is 19.2. The maximum Gasteiger partial charge on any atom is 0.549 e. The van der Waals surface area contributed by atoms with Gasteiger partial charge in [-0.3, -0.25) is 0 Å². The molecule has 0 amide bonds. The molecule has 0 bridgehead atoms. The molecule has 4 unspecified atom stereocenters. The first-order valence-electron chi connectivity index (χ1n) is 38.2. The summed E-state index contributed by atoms with van der Waals surface area (Å²) in [5, 5.41) is 12.9. The van der Waals surface area contributed by atoms with Crippen molar-refractivity contribution in [2.24, 2.45) is 23.7 Å². The molecule has 30 nitrogen and oxygen atoms in total. The number of carbonyl (C=O) groups is 12. The van der Waals surface area contributed by atoms with Crippen molar-refractivity contribution in [3.8, 4) is 0 Å². The standard InChI is InChI=1S/C84H98O30Si6/c1-13-51(7)115-65-31-19-57(20-32-65)73(85)103-109-79(91)97-45-43-63(47-99-81(93)111-105-75(87)59-23-35-67(36-24-59)117-53(9)15-3)71(49-101-83(95)113-107-77(89)61-27-39-69(40-28-61)119-55(11)17-5)72(50-102-84(96)114-108-78(90)62-29-41-70(42-30-62)120-56(12)18-6)64(48-100-82(94)112-106-76(88)60-25-37-68(38-26-60)118-54(10)16-4)44-46-98-80(92)110-104-74(86)58-21-33-66(34-22-58)116-52(8)14-2/h13-42,63-64,71-72H,43-50,115-120H2,1-12H3/b51-13+,52-14+,53-15+,54-16+,55-17+,56-18+. The highest BCUT2D eigenvalue weighted by molar-refractivity contribution is 6.63. The first-order chi connectivity index (χ1) is 57.6. The van der Waals surface area contributed by atoms with E-state index in [1.54, 1.807) is 72.8 Å². The number of benzene rings is 6. The van der Waals surface area contributed by atoms with Crippen molar-refractivity contribution in [3.05, 3.63) is 247 Å². The normalized spacial score (nSPS) is 13.3. The van der Waals surface area contributed by atoms with Crippen molar-refractivity contribution < 1.29 is 145 Å². The summed E-state index contributed by atoms with van der Waals surface area (Å²) >= 11 is 0. The fraction of sp³-hybridized carbons (Fsp3) is 0.286. The topological polar surface area (TPSA) is 371 Å². The molecule has 4 atom stereocenters. The summed E-state index contributed by atoms with van der Waals surface area (Å²) in [6.45, 7) is 17.5. The largest absolute Gasteiger partial charge is 0.549 e. The van der Waals surface area contributed by atoms with Gasteiger partial charge in [-0.25, -0.2) is 87.4 Å². The summed E-state index contributed by atoms with van der Waals surface area (Å²) in [5.41, 5.74) is -0.215. The molecular weight excluding hydrogens is 1660 g/mol. The lowest BCUT2D eigenvalue weighted by molar-refractivity contribution is -0.212. The zero-order valence-corrected chi connectivity index (χ0v) is 77.3. The Morgan fingerprint density at radius 2 is 0.392 bits per heavy atom. The molecule has 0 fully saturated rings. The lowest BCUT2D eigenvalue weighted by Gasteiger charge is -2.36. The van der Waals surface area contributed by atoms with Crippen LogP contribution >= 0.6 is 0 Å². The van der Waals surface area contributed by atoms with E-state index in [1.807, 2.05) is 120 Å². The van der Waals surface area contributed by atoms with Crippen LogP contribution in [0.4, 0.5) is 28.8 Å². The number of rotatable bonds is 35. The van der Waals surface area contributed by atoms with Gasteiger partial charge in [-0.15, -0.1) is 0 Å². The van der Waals surface area contributed by atoms with Gasteiger partial charge in [0.15, 0.2) is 0 Å². The van der Waals surface area contributed by atoms with Crippen molar-refractivity contribution in [3.63, 3.8) is 0 Å². The van der Waals surface area contributed by atoms with Crippen LogP contribution in [0.2, 0.25) is 0 Å². The van der Waals surface area contributed by atoms with Gasteiger partial charge in [0.05, 0.1) is 130 Å². The molecule has 0 aliphatic rings. The lowest BCUT2D eigenvalue weighted by Crippen LogP contribution is -2.41. The monoisotopic (exact) mass is 1750 g/mol. The summed E-state index contributed by atoms with van der Waals surface area (Å²) in [7, 11) is -5.14. The van der Waals surface area contributed by atoms with E-state index in [0.29, 0.717) is 0 Å². The van der Waals surface area contributed by atoms with E-state index < -0.39 is 206 Å². The van der Waals surface area contributed by atoms with Crippen LogP contribution in [-0.2, 0) is 87.1 Å². The first-order valence-corrected chi connectivity index (χ1v) is 46.7. The minimum absolute atomic E-state index is 0.00761. The van der Waals surface area contributed by atoms with E-state index >= 15 is 0 Å². The highest BCUT2D eigenvalue weighted by Crippen LogP contribution is 2.35. The second-order valence-electron chi connectivity index (χ2n) is 27.6. The van der Waals surface area contributed by atoms with Crippen LogP contribution < -0.4 is 31.1 Å². The molecule has 0 heterocycles. The van der Waals surface area contributed by atoms with Gasteiger partial charge in [0, 0.05) is 23.7 Å². The van der Waals surface area contributed by atoms with Crippen molar-refractivity contribution >= 4 is 161 Å². The summed E-state index contributed by atoms with van der Waals surface area (Å²) in [5.74, 6) is -13.3. The highest BCUT2D eigenvalue weighted by Gasteiger charge is 2.40. The Morgan fingerprint density at radius 3 is 0.558 bits per heavy atom. The molecule has 36 heteroatoms. The summed E-state index contributed by atoms with van der Waals surface area (Å²) in [4.78, 5) is 221. The third-order valence-corrected chi connectivity index (χ3v) is 30.0. The molecule has 120 heavy (non-hydrogen) atoms. The van der Waals surface area contributed by atoms with E-state index in [9.17, 15) is 57.5 Å². The highest BCUT2D eigenvalue weighted by atomic mass is 28.2. The zero-order valence-electron chi connectivity index (χ0n) is 68.8. The Hall–Kier alpha value is -12.5. The number of allylic oxidation sites excluding steroid dienone is 12. The second kappa shape index (κ2) is 51.6. The van der Waals surface area contributed by atoms with Gasteiger partial charge in [0.25, 0.3) is 0 Å². The van der Waals surface area contributed by atoms with Crippen LogP contribution in [0.25, 0.3) is 0 Å². The molecule has 0 saturated carbocycles. The van der Waals surface area contributed by atoms with Crippen molar-refractivity contribution in [1.82, 2.24) is 0 Å². The van der Waals surface area contributed by atoms with Crippen LogP contribution in [0.1, 0.15) is 158 Å². The van der Waals surface area contributed by atoms with Gasteiger partial charge < -0.3 is 28.4 Å². The Balaban J connectivity index is 1.42. The van der Waals surface area contributed by atoms with Crippen LogP contribution in [0.15, 0.2) is 213 Å². The minimum atomic E-state index is -1.74. The molecule has 6 aromatic carbocycles. The summed E-state index contributed by atoms with van der Waals surface area (Å²) in [6, 6.07) is 37.9. The lowest BCUT2D eigenvalue weighted by atomic mass is 9.74. The average Bonchev–Trinajstić information content (AvgIpc) is 0.839. The Labute approximate surface area is 707 Å². The molecule has 0 aromatic heterocycles. The summed E-state index contributed by atoms with van der Waals surface area (Å²) in [6.07, 6.45) is 0.536. The third-order valence-electron chi connectivity index (χ3n) is 18.9. The molecule has 6 rings (SSSR count). The third kappa shape index (κ3) is 35.0. The maximum atomic E-state index is 14.0. The molecule has 638 valence electrons. The molecule has 0 spiro atoms. The van der Waals surface area contributed by atoms with Gasteiger partial charge in [0.1, 0.15) is 0 Å². The van der Waals surface area contributed by atoms with E-state index in [0.717, 1.165) is 31.1 Å². The Morgan fingerprint density at radius 1 is 0.233 bits per heavy atom. The SMILES string of the molecule is C/C=C(\C)[SiH2]c1ccc(C(=O)OOC(=O)OCCC(COC(=O)OOC(=O)c2ccc([SiH2]/C(C)=C/C)cc2)C(COC(=O)OOC(=O)c2ccc([SiH2]/C(C)=C/C)cc2)C(COC(=O)OOC(=O)c2ccc([SiH2]/C(C)=C/C)cc2)C(CCOC(=O)OOC(=O)c2ccc([SiH2]/C(C)=C/C)cc2)COC(=O)OOC(=O)c2ccc([SiH2]/C(C)=C/C)cc2)cc1. The van der Waals surface area contributed by atoms with Gasteiger partial charge in [-0.2, -0.15) is 28.8 Å². The number of ether oxygens (including phenoxy) is 6. The molecule has 0 aliphatic carbocycles.